The van der Waals surface area contributed by atoms with Crippen LogP contribution in [0.4, 0.5) is 17.6 Å². The smallest absolute Gasteiger partial charge is 0.233 e. The summed E-state index contributed by atoms with van der Waals surface area (Å²) in [7, 11) is -4.63. The van der Waals surface area contributed by atoms with E-state index in [1.54, 1.807) is 31.2 Å². The van der Waals surface area contributed by atoms with Crippen molar-refractivity contribution >= 4 is 10.0 Å². The average Bonchev–Trinajstić information content (AvgIpc) is 2.98. The molecule has 0 aliphatic heterocycles. The van der Waals surface area contributed by atoms with Crippen molar-refractivity contribution in [2.75, 3.05) is 0 Å². The Morgan fingerprint density at radius 3 is 2.22 bits per heavy atom. The van der Waals surface area contributed by atoms with Gasteiger partial charge in [0.25, 0.3) is 6.43 Å². The van der Waals surface area contributed by atoms with Crippen LogP contribution < -0.4 is 5.14 Å². The lowest BCUT2D eigenvalue weighted by atomic mass is 10.1. The maximum atomic E-state index is 14.2. The first-order valence-corrected chi connectivity index (χ1v) is 9.10. The zero-order valence-electron chi connectivity index (χ0n) is 13.8. The van der Waals surface area contributed by atoms with Gasteiger partial charge in [0.05, 0.1) is 11.4 Å². The minimum absolute atomic E-state index is 0.0327. The molecule has 0 saturated carbocycles. The number of aromatic nitrogens is 2. The van der Waals surface area contributed by atoms with Crippen LogP contribution in [0.2, 0.25) is 0 Å². The van der Waals surface area contributed by atoms with Crippen LogP contribution in [0.3, 0.4) is 0 Å². The number of aryl methyl sites for hydroxylation is 1. The highest BCUT2D eigenvalue weighted by atomic mass is 32.2. The topological polar surface area (TPSA) is 78.0 Å². The van der Waals surface area contributed by atoms with Crippen LogP contribution >= 0.6 is 0 Å². The number of benzene rings is 2. The molecule has 0 aliphatic carbocycles. The molecule has 0 aliphatic rings. The molecule has 0 bridgehead atoms. The fraction of sp³-hybridized carbons (Fsp3) is 0.118. The van der Waals surface area contributed by atoms with Gasteiger partial charge < -0.3 is 0 Å². The number of nitrogens with two attached hydrogens (primary N) is 1. The van der Waals surface area contributed by atoms with Crippen molar-refractivity contribution in [1.82, 2.24) is 9.78 Å². The van der Waals surface area contributed by atoms with E-state index in [9.17, 15) is 26.0 Å². The van der Waals surface area contributed by atoms with Crippen molar-refractivity contribution in [1.29, 1.82) is 0 Å². The number of hydrogen-bond donors (Lipinski definition) is 1. The second-order valence-corrected chi connectivity index (χ2v) is 7.32. The van der Waals surface area contributed by atoms with Gasteiger partial charge in [-0.3, -0.25) is 0 Å². The van der Waals surface area contributed by atoms with Gasteiger partial charge in [-0.15, -0.1) is 0 Å². The maximum absolute atomic E-state index is 14.2. The van der Waals surface area contributed by atoms with Crippen molar-refractivity contribution in [3.63, 3.8) is 0 Å². The Hall–Kier alpha value is -2.72. The molecule has 0 spiro atoms. The average molecular weight is 399 g/mol. The molecule has 5 nitrogen and oxygen atoms in total. The molecule has 0 amide bonds. The summed E-state index contributed by atoms with van der Waals surface area (Å²) in [6.07, 6.45) is -2.91. The van der Waals surface area contributed by atoms with E-state index in [2.05, 4.69) is 5.10 Å². The van der Waals surface area contributed by atoms with Crippen molar-refractivity contribution in [3.8, 4) is 16.9 Å². The van der Waals surface area contributed by atoms with Gasteiger partial charge in [-0.2, -0.15) is 5.10 Å². The van der Waals surface area contributed by atoms with Gasteiger partial charge in [0.2, 0.25) is 10.0 Å². The molecule has 0 saturated heterocycles. The van der Waals surface area contributed by atoms with Crippen molar-refractivity contribution in [3.05, 3.63) is 65.4 Å². The van der Waals surface area contributed by atoms with E-state index < -0.39 is 38.7 Å². The molecule has 1 aromatic heterocycles. The molecular weight excluding hydrogens is 386 g/mol. The van der Waals surface area contributed by atoms with E-state index in [0.29, 0.717) is 17.8 Å². The monoisotopic (exact) mass is 399 g/mol. The molecule has 3 rings (SSSR count). The lowest BCUT2D eigenvalue weighted by molar-refractivity contribution is 0.145. The van der Waals surface area contributed by atoms with Gasteiger partial charge in [-0.25, -0.2) is 35.8 Å². The standard InChI is InChI=1S/C17H13F4N3O2S/c1-9-3-2-4-11(5-9)24-15(8-14(23-24)17(20)21)10-6-12(18)16(13(19)7-10)27(22,25)26/h2-8,17H,1H3,(H2,22,25,26). The fourth-order valence-corrected chi connectivity index (χ4v) is 3.31. The Labute approximate surface area is 152 Å². The quantitative estimate of drug-likeness (QED) is 0.680. The van der Waals surface area contributed by atoms with Crippen molar-refractivity contribution < 1.29 is 26.0 Å². The van der Waals surface area contributed by atoms with Crippen LogP contribution in [0, 0.1) is 18.6 Å². The zero-order valence-corrected chi connectivity index (χ0v) is 14.6. The third-order valence-electron chi connectivity index (χ3n) is 3.78. The highest BCUT2D eigenvalue weighted by Gasteiger charge is 2.24. The molecule has 0 atom stereocenters. The number of alkyl halides is 2. The van der Waals surface area contributed by atoms with Gasteiger partial charge in [-0.1, -0.05) is 12.1 Å². The van der Waals surface area contributed by atoms with Crippen molar-refractivity contribution in [2.24, 2.45) is 5.14 Å². The second kappa shape index (κ2) is 6.78. The van der Waals surface area contributed by atoms with Crippen LogP contribution in [0.5, 0.6) is 0 Å². The predicted molar refractivity (Wildman–Crippen MR) is 90.0 cm³/mol. The van der Waals surface area contributed by atoms with Gasteiger partial charge >= 0.3 is 0 Å². The van der Waals surface area contributed by atoms with Gasteiger partial charge in [-0.05, 0) is 42.8 Å². The van der Waals surface area contributed by atoms with E-state index in [4.69, 9.17) is 5.14 Å². The van der Waals surface area contributed by atoms with Crippen molar-refractivity contribution in [2.45, 2.75) is 18.2 Å². The summed E-state index contributed by atoms with van der Waals surface area (Å²) < 4.78 is 78.4. The normalized spacial score (nSPS) is 12.0. The van der Waals surface area contributed by atoms with Crippen LogP contribution in [-0.2, 0) is 10.0 Å². The van der Waals surface area contributed by atoms with E-state index in [-0.39, 0.29) is 11.3 Å². The highest BCUT2D eigenvalue weighted by molar-refractivity contribution is 7.89. The molecule has 2 N–H and O–H groups in total. The summed E-state index contributed by atoms with van der Waals surface area (Å²) in [5, 5.41) is 8.61. The van der Waals surface area contributed by atoms with E-state index in [0.717, 1.165) is 16.3 Å². The molecular formula is C17H13F4N3O2S. The molecule has 2 aromatic carbocycles. The predicted octanol–water partition coefficient (Wildman–Crippen LogP) is 3.71. The summed E-state index contributed by atoms with van der Waals surface area (Å²) in [4.78, 5) is -1.29. The van der Waals surface area contributed by atoms with Crippen LogP contribution in [0.15, 0.2) is 47.4 Å². The van der Waals surface area contributed by atoms with E-state index in [1.165, 1.54) is 0 Å². The van der Waals surface area contributed by atoms with Crippen LogP contribution in [0.25, 0.3) is 16.9 Å². The highest BCUT2D eigenvalue weighted by Crippen LogP contribution is 2.31. The molecule has 27 heavy (non-hydrogen) atoms. The third kappa shape index (κ3) is 3.71. The van der Waals surface area contributed by atoms with Crippen LogP contribution in [-0.4, -0.2) is 18.2 Å². The lowest BCUT2D eigenvalue weighted by Crippen LogP contribution is -2.16. The number of nitrogens with zero attached hydrogens (tertiary/aromatic N) is 2. The number of sulfonamides is 1. The Balaban J connectivity index is 2.26. The molecule has 0 radical (unpaired) electrons. The minimum atomic E-state index is -4.63. The summed E-state index contributed by atoms with van der Waals surface area (Å²) in [6, 6.07) is 9.09. The molecule has 10 heteroatoms. The van der Waals surface area contributed by atoms with Gasteiger partial charge in [0, 0.05) is 5.56 Å². The summed E-state index contributed by atoms with van der Waals surface area (Å²) in [5.74, 6) is -2.86. The first-order valence-electron chi connectivity index (χ1n) is 7.55. The first kappa shape index (κ1) is 19.1. The number of halogens is 4. The summed E-state index contributed by atoms with van der Waals surface area (Å²) >= 11 is 0. The maximum Gasteiger partial charge on any atom is 0.282 e. The molecule has 142 valence electrons. The largest absolute Gasteiger partial charge is 0.282 e. The summed E-state index contributed by atoms with van der Waals surface area (Å²) in [5.41, 5.74) is 0.415. The van der Waals surface area contributed by atoms with E-state index in [1.807, 2.05) is 0 Å². The Kier molecular flexibility index (Phi) is 4.79. The minimum Gasteiger partial charge on any atom is -0.233 e. The van der Waals surface area contributed by atoms with E-state index >= 15 is 0 Å². The third-order valence-corrected chi connectivity index (χ3v) is 4.74. The van der Waals surface area contributed by atoms with Gasteiger partial charge in [0.15, 0.2) is 4.90 Å². The Bertz CT molecular complexity index is 1100. The number of rotatable bonds is 4. The Morgan fingerprint density at radius 1 is 1.07 bits per heavy atom. The number of primary sulfonamides is 1. The molecule has 1 heterocycles. The number of hydrogen-bond acceptors (Lipinski definition) is 3. The molecule has 0 unspecified atom stereocenters. The first-order chi connectivity index (χ1) is 12.6. The fourth-order valence-electron chi connectivity index (χ4n) is 2.65. The lowest BCUT2D eigenvalue weighted by Gasteiger charge is -2.10. The second-order valence-electron chi connectivity index (χ2n) is 5.82. The SMILES string of the molecule is Cc1cccc(-n2nc(C(F)F)cc2-c2cc(F)c(S(N)(=O)=O)c(F)c2)c1. The molecule has 3 aromatic rings. The van der Waals surface area contributed by atoms with Gasteiger partial charge in [0.1, 0.15) is 17.3 Å². The molecule has 0 fully saturated rings. The summed E-state index contributed by atoms with van der Waals surface area (Å²) in [6.45, 7) is 1.78. The Morgan fingerprint density at radius 2 is 1.70 bits per heavy atom. The van der Waals surface area contributed by atoms with Crippen LogP contribution in [0.1, 0.15) is 17.7 Å². The zero-order chi connectivity index (χ0) is 19.9.